The van der Waals surface area contributed by atoms with E-state index in [4.69, 9.17) is 0 Å². The van der Waals surface area contributed by atoms with Gasteiger partial charge in [0.1, 0.15) is 12.7 Å². The highest BCUT2D eigenvalue weighted by molar-refractivity contribution is 6.02. The van der Waals surface area contributed by atoms with Crippen molar-refractivity contribution in [1.82, 2.24) is 69.4 Å². The number of aryl methyl sites for hydroxylation is 2. The summed E-state index contributed by atoms with van der Waals surface area (Å²) in [5, 5.41) is 8.28. The fourth-order valence-electron chi connectivity index (χ4n) is 7.39. The minimum Gasteiger partial charge on any atom is -0.285 e. The standard InChI is InChI=1S/C8H13N.4C8H11N.C7H12N2.C7H10N2.C7H12N2.2C7H10N2.7C2H6/c1-6(2)8-7(3)4-5-9-8;1-7(2)8-3-5-9-6-4-8;1-7(2)8-4-3-5-9-6-8;2*1-7(2)8-5-3-4-6-9-8;1-6(2)7-4-8-9(3)5-7;1-6(2)7-3-8-5-9-4-7;1-6(2)7-4-5-9(3)8-7;1-6(2)7-5-8-3-4-9-7;1-6(2)7-3-4-8-5-9-7;7*1-2/h4,6H,5H2,1-3H3;4*3-7H,1-2H3;4-6H,1-3H3;3-6H,1-2H3;4-6H,1-3H3;2*3-6H,1-2H3;7*1-2H3. The van der Waals surface area contributed by atoms with Crippen LogP contribution >= 0.6 is 0 Å². The van der Waals surface area contributed by atoms with Gasteiger partial charge in [0.25, 0.3) is 0 Å². The fraction of sp³-hybridized carbons (Fsp3) is 0.539. The Labute approximate surface area is 639 Å². The number of aliphatic imine (C=N–C) groups is 1. The smallest absolute Gasteiger partial charge is 0.115 e. The lowest BCUT2D eigenvalue weighted by atomic mass is 10.0. The molecular weight excluding hydrogens is 1280 g/mol. The number of nitrogens with zero attached hydrogens (tertiary/aromatic N) is 15. The maximum Gasteiger partial charge on any atom is 0.115 e. The molecule has 0 amide bonds. The van der Waals surface area contributed by atoms with Crippen LogP contribution in [0.2, 0.25) is 0 Å². The number of aromatic nitrogens is 14. The Hall–Kier alpha value is -8.33. The molecule has 0 unspecified atom stereocenters. The van der Waals surface area contributed by atoms with E-state index in [1.165, 1.54) is 33.5 Å². The van der Waals surface area contributed by atoms with Crippen molar-refractivity contribution in [3.63, 3.8) is 0 Å². The summed E-state index contributed by atoms with van der Waals surface area (Å²) >= 11 is 0. The largest absolute Gasteiger partial charge is 0.285 e. The molecule has 0 saturated carbocycles. The minimum atomic E-state index is 0.485. The van der Waals surface area contributed by atoms with Gasteiger partial charge in [0.05, 0.1) is 24.1 Å². The third-order valence-corrected chi connectivity index (χ3v) is 13.2. The summed E-state index contributed by atoms with van der Waals surface area (Å²) in [4.78, 5) is 44.4. The predicted molar refractivity (Wildman–Crippen MR) is 457 cm³/mol. The molecule has 0 N–H and O–H groups in total. The Morgan fingerprint density at radius 2 is 0.731 bits per heavy atom. The zero-order valence-electron chi connectivity index (χ0n) is 73.0. The van der Waals surface area contributed by atoms with E-state index in [9.17, 15) is 0 Å². The van der Waals surface area contributed by atoms with Crippen LogP contribution in [0.25, 0.3) is 0 Å². The van der Waals surface area contributed by atoms with Gasteiger partial charge in [-0.3, -0.25) is 44.3 Å². The SMILES string of the molecule is CC.CC.CC.CC.CC.CC.CC.CC(C)c1ccccn1.CC(C)c1ccccn1.CC(C)c1cccnc1.CC(C)c1ccn(C)n1.CC(C)c1ccncc1.CC(C)c1ccncn1.CC(C)c1cnccn1.CC(C)c1cncnc1.CC(C)c1cnn(C)c1.CC1=CCN=C1C(C)C. The van der Waals surface area contributed by atoms with Crippen molar-refractivity contribution in [3.05, 3.63) is 241 Å². The highest BCUT2D eigenvalue weighted by atomic mass is 15.2. The molecule has 0 aromatic carbocycles. The molecule has 1 aliphatic heterocycles. The van der Waals surface area contributed by atoms with Gasteiger partial charge in [-0.25, -0.2) is 19.9 Å². The fourth-order valence-corrected chi connectivity index (χ4v) is 7.39. The van der Waals surface area contributed by atoms with Crippen LogP contribution in [0, 0.1) is 5.92 Å². The highest BCUT2D eigenvalue weighted by Gasteiger charge is 2.10. The second kappa shape index (κ2) is 75.8. The summed E-state index contributed by atoms with van der Waals surface area (Å²) in [5.41, 5.74) is 13.5. The van der Waals surface area contributed by atoms with Gasteiger partial charge in [0, 0.05) is 124 Å². The van der Waals surface area contributed by atoms with Crippen molar-refractivity contribution >= 4 is 5.71 Å². The first-order valence-electron chi connectivity index (χ1n) is 38.8. The molecule has 0 saturated heterocycles. The van der Waals surface area contributed by atoms with Gasteiger partial charge in [0.15, 0.2) is 0 Å². The number of hydrogen-bond acceptors (Lipinski definition) is 13. The van der Waals surface area contributed by atoms with Crippen LogP contribution in [0.3, 0.4) is 0 Å². The van der Waals surface area contributed by atoms with Crippen molar-refractivity contribution in [2.75, 3.05) is 6.54 Å². The molecule has 15 heteroatoms. The van der Waals surface area contributed by atoms with E-state index in [1.807, 2.05) is 249 Å². The van der Waals surface area contributed by atoms with Crippen LogP contribution in [0.5, 0.6) is 0 Å². The van der Waals surface area contributed by atoms with Crippen molar-refractivity contribution in [2.45, 2.75) is 296 Å². The van der Waals surface area contributed by atoms with E-state index in [0.717, 1.165) is 35.0 Å². The van der Waals surface area contributed by atoms with E-state index < -0.39 is 0 Å². The lowest BCUT2D eigenvalue weighted by molar-refractivity contribution is 0.713. The topological polar surface area (TPSA) is 177 Å². The van der Waals surface area contributed by atoms with Gasteiger partial charge in [0.2, 0.25) is 0 Å². The van der Waals surface area contributed by atoms with E-state index in [0.29, 0.717) is 59.2 Å². The number of rotatable bonds is 10. The Morgan fingerprint density at radius 3 is 0.962 bits per heavy atom. The van der Waals surface area contributed by atoms with Crippen molar-refractivity contribution in [1.29, 1.82) is 0 Å². The van der Waals surface area contributed by atoms with Gasteiger partial charge in [-0.2, -0.15) is 10.2 Å². The van der Waals surface area contributed by atoms with Crippen LogP contribution < -0.4 is 0 Å². The monoisotopic (exact) mass is 1430 g/mol. The van der Waals surface area contributed by atoms with Crippen LogP contribution in [0.15, 0.2) is 195 Å². The van der Waals surface area contributed by atoms with Crippen LogP contribution in [0.4, 0.5) is 0 Å². The molecule has 9 aromatic heterocycles. The Bertz CT molecular complexity index is 2690. The predicted octanol–water partition coefficient (Wildman–Crippen LogP) is 25.9. The molecule has 9 aromatic rings. The van der Waals surface area contributed by atoms with Crippen LogP contribution in [0.1, 0.15) is 346 Å². The maximum absolute atomic E-state index is 4.34. The molecule has 15 nitrogen and oxygen atoms in total. The third-order valence-electron chi connectivity index (χ3n) is 13.2. The summed E-state index contributed by atoms with van der Waals surface area (Å²) in [6.45, 7) is 73.9. The van der Waals surface area contributed by atoms with Gasteiger partial charge in [-0.05, 0) is 149 Å². The van der Waals surface area contributed by atoms with E-state index in [-0.39, 0.29) is 0 Å². The minimum absolute atomic E-state index is 0.485. The molecule has 0 aliphatic carbocycles. The van der Waals surface area contributed by atoms with E-state index in [1.54, 1.807) is 43.6 Å². The molecule has 0 spiro atoms. The lowest BCUT2D eigenvalue weighted by Crippen LogP contribution is -2.05. The summed E-state index contributed by atoms with van der Waals surface area (Å²) in [7, 11) is 3.87. The quantitative estimate of drug-likeness (QED) is 0.127. The number of allylic oxidation sites excluding steroid dienone is 1. The molecule has 0 radical (unpaired) electrons. The lowest BCUT2D eigenvalue weighted by Gasteiger charge is -2.04. The highest BCUT2D eigenvalue weighted by Crippen LogP contribution is 2.16. The molecule has 10 heterocycles. The maximum atomic E-state index is 4.34. The average molecular weight is 1430 g/mol. The van der Waals surface area contributed by atoms with Crippen LogP contribution in [-0.2, 0) is 14.1 Å². The second-order valence-electron chi connectivity index (χ2n) is 24.5. The summed E-state index contributed by atoms with van der Waals surface area (Å²) in [6, 6.07) is 24.1. The first-order chi connectivity index (χ1) is 49.7. The summed E-state index contributed by atoms with van der Waals surface area (Å²) in [6.07, 6.45) is 32.9. The zero-order valence-corrected chi connectivity index (χ0v) is 73.0. The second-order valence-corrected chi connectivity index (χ2v) is 24.5. The number of pyridine rings is 4. The molecule has 0 bridgehead atoms. The molecular formula is C89H153N15. The van der Waals surface area contributed by atoms with Crippen molar-refractivity contribution in [3.8, 4) is 0 Å². The Balaban J connectivity index is -0.000000197. The Morgan fingerprint density at radius 1 is 0.298 bits per heavy atom. The third kappa shape index (κ3) is 60.1. The zero-order chi connectivity index (χ0) is 81.4. The van der Waals surface area contributed by atoms with E-state index >= 15 is 0 Å². The molecule has 584 valence electrons. The van der Waals surface area contributed by atoms with Gasteiger partial charge in [-0.1, -0.05) is 260 Å². The molecule has 104 heavy (non-hydrogen) atoms. The summed E-state index contributed by atoms with van der Waals surface area (Å²) in [5.74, 6) is 5.58. The molecule has 0 fully saturated rings. The van der Waals surface area contributed by atoms with Gasteiger partial charge in [-0.15, -0.1) is 0 Å². The summed E-state index contributed by atoms with van der Waals surface area (Å²) < 4.78 is 3.66. The Kier molecular flexibility index (Phi) is 79.5. The van der Waals surface area contributed by atoms with Crippen molar-refractivity contribution in [2.24, 2.45) is 25.0 Å². The average Bonchev–Trinajstić information content (AvgIpc) is 1.76. The first kappa shape index (κ1) is 109. The molecule has 1 aliphatic rings. The number of hydrogen-bond donors (Lipinski definition) is 0. The van der Waals surface area contributed by atoms with Crippen LogP contribution in [-0.4, -0.2) is 81.7 Å². The van der Waals surface area contributed by atoms with Gasteiger partial charge >= 0.3 is 0 Å². The first-order valence-corrected chi connectivity index (χ1v) is 38.8. The van der Waals surface area contributed by atoms with Gasteiger partial charge < -0.3 is 0 Å². The van der Waals surface area contributed by atoms with E-state index in [2.05, 4.69) is 223 Å². The van der Waals surface area contributed by atoms with Crippen molar-refractivity contribution < 1.29 is 0 Å². The molecule has 0 atom stereocenters. The normalized spacial score (nSPS) is 9.95. The molecule has 10 rings (SSSR count).